The Morgan fingerprint density at radius 3 is 2.53 bits per heavy atom. The molecule has 0 radical (unpaired) electrons. The molecule has 1 aliphatic rings. The molecule has 2 rings (SSSR count). The first kappa shape index (κ1) is 13.9. The Balaban J connectivity index is 1.88. The predicted molar refractivity (Wildman–Crippen MR) is 79.3 cm³/mol. The van der Waals surface area contributed by atoms with E-state index in [0.717, 1.165) is 30.6 Å². The minimum atomic E-state index is 0.310. The van der Waals surface area contributed by atoms with Crippen molar-refractivity contribution in [3.05, 3.63) is 6.07 Å². The van der Waals surface area contributed by atoms with Crippen LogP contribution < -0.4 is 16.4 Å². The third-order valence-electron chi connectivity index (χ3n) is 3.51. The molecular formula is C13H24N6. The van der Waals surface area contributed by atoms with Gasteiger partial charge in [0.25, 0.3) is 0 Å². The highest BCUT2D eigenvalue weighted by molar-refractivity contribution is 5.50. The van der Waals surface area contributed by atoms with Gasteiger partial charge in [-0.1, -0.05) is 0 Å². The molecule has 0 saturated carbocycles. The number of nitrogens with zero attached hydrogens (tertiary/aromatic N) is 3. The molecule has 0 atom stereocenters. The summed E-state index contributed by atoms with van der Waals surface area (Å²) >= 11 is 0. The SMILES string of the molecule is CCNc1cc(NCC2CCN(C)CC2)nc(N)n1. The Hall–Kier alpha value is -1.56. The Labute approximate surface area is 114 Å². The van der Waals surface area contributed by atoms with Crippen LogP contribution in [0.15, 0.2) is 6.07 Å². The summed E-state index contributed by atoms with van der Waals surface area (Å²) in [7, 11) is 2.18. The number of nitrogen functional groups attached to an aromatic ring is 1. The fraction of sp³-hybridized carbons (Fsp3) is 0.692. The quantitative estimate of drug-likeness (QED) is 0.742. The van der Waals surface area contributed by atoms with Crippen molar-refractivity contribution in [1.29, 1.82) is 0 Å². The average molecular weight is 264 g/mol. The zero-order valence-corrected chi connectivity index (χ0v) is 11.8. The normalized spacial score (nSPS) is 17.4. The standard InChI is InChI=1S/C13H24N6/c1-3-15-11-8-12(18-13(14)17-11)16-9-10-4-6-19(2)7-5-10/h8,10H,3-7,9H2,1-2H3,(H4,14,15,16,17,18). The zero-order chi connectivity index (χ0) is 13.7. The molecule has 4 N–H and O–H groups in total. The van der Waals surface area contributed by atoms with Crippen LogP contribution in [-0.2, 0) is 0 Å². The van der Waals surface area contributed by atoms with Crippen molar-refractivity contribution in [2.75, 3.05) is 49.6 Å². The highest BCUT2D eigenvalue weighted by atomic mass is 15.1. The molecule has 19 heavy (non-hydrogen) atoms. The predicted octanol–water partition coefficient (Wildman–Crippen LogP) is 1.24. The summed E-state index contributed by atoms with van der Waals surface area (Å²) in [6.45, 7) is 6.17. The molecule has 1 aliphatic heterocycles. The van der Waals surface area contributed by atoms with E-state index in [9.17, 15) is 0 Å². The lowest BCUT2D eigenvalue weighted by Gasteiger charge is -2.29. The van der Waals surface area contributed by atoms with Crippen molar-refractivity contribution in [1.82, 2.24) is 14.9 Å². The number of likely N-dealkylation sites (tertiary alicyclic amines) is 1. The molecule has 1 saturated heterocycles. The molecule has 1 fully saturated rings. The third-order valence-corrected chi connectivity index (χ3v) is 3.51. The van der Waals surface area contributed by atoms with Crippen LogP contribution in [0, 0.1) is 5.92 Å². The maximum Gasteiger partial charge on any atom is 0.223 e. The zero-order valence-electron chi connectivity index (χ0n) is 11.8. The molecule has 1 aromatic heterocycles. The van der Waals surface area contributed by atoms with Gasteiger partial charge in [-0.15, -0.1) is 0 Å². The summed E-state index contributed by atoms with van der Waals surface area (Å²) in [5, 5.41) is 6.53. The fourth-order valence-corrected chi connectivity index (χ4v) is 2.34. The van der Waals surface area contributed by atoms with Crippen LogP contribution in [0.5, 0.6) is 0 Å². The maximum atomic E-state index is 5.71. The molecule has 0 unspecified atom stereocenters. The number of hydrogen-bond donors (Lipinski definition) is 3. The summed E-state index contributed by atoms with van der Waals surface area (Å²) in [5.41, 5.74) is 5.71. The van der Waals surface area contributed by atoms with Gasteiger partial charge in [0, 0.05) is 19.2 Å². The van der Waals surface area contributed by atoms with Crippen molar-refractivity contribution >= 4 is 17.6 Å². The number of nitrogens with one attached hydrogen (secondary N) is 2. The number of anilines is 3. The second-order valence-electron chi connectivity index (χ2n) is 5.15. The topological polar surface area (TPSA) is 79.1 Å². The highest BCUT2D eigenvalue weighted by Crippen LogP contribution is 2.18. The van der Waals surface area contributed by atoms with Crippen molar-refractivity contribution in [3.63, 3.8) is 0 Å². The first-order valence-corrected chi connectivity index (χ1v) is 6.98. The molecule has 0 spiro atoms. The van der Waals surface area contributed by atoms with E-state index in [4.69, 9.17) is 5.73 Å². The van der Waals surface area contributed by atoms with Gasteiger partial charge in [-0.2, -0.15) is 9.97 Å². The first-order valence-electron chi connectivity index (χ1n) is 6.98. The van der Waals surface area contributed by atoms with E-state index in [-0.39, 0.29) is 0 Å². The summed E-state index contributed by atoms with van der Waals surface area (Å²) in [4.78, 5) is 10.7. The molecule has 6 nitrogen and oxygen atoms in total. The summed E-state index contributed by atoms with van der Waals surface area (Å²) in [5.74, 6) is 2.61. The monoisotopic (exact) mass is 264 g/mol. The van der Waals surface area contributed by atoms with E-state index >= 15 is 0 Å². The van der Waals surface area contributed by atoms with Crippen LogP contribution in [-0.4, -0.2) is 48.1 Å². The van der Waals surface area contributed by atoms with E-state index in [0.29, 0.717) is 5.95 Å². The van der Waals surface area contributed by atoms with Crippen molar-refractivity contribution < 1.29 is 0 Å². The fourth-order valence-electron chi connectivity index (χ4n) is 2.34. The van der Waals surface area contributed by atoms with Gasteiger partial charge in [-0.05, 0) is 45.8 Å². The van der Waals surface area contributed by atoms with E-state index in [1.165, 1.54) is 25.9 Å². The van der Waals surface area contributed by atoms with Crippen molar-refractivity contribution in [3.8, 4) is 0 Å². The van der Waals surface area contributed by atoms with E-state index in [1.807, 2.05) is 13.0 Å². The molecule has 0 aliphatic carbocycles. The molecule has 0 aromatic carbocycles. The minimum absolute atomic E-state index is 0.310. The van der Waals surface area contributed by atoms with Crippen LogP contribution in [0.25, 0.3) is 0 Å². The third kappa shape index (κ3) is 4.24. The Morgan fingerprint density at radius 1 is 1.26 bits per heavy atom. The van der Waals surface area contributed by atoms with Gasteiger partial charge < -0.3 is 21.3 Å². The summed E-state index contributed by atoms with van der Waals surface area (Å²) < 4.78 is 0. The molecule has 0 amide bonds. The van der Waals surface area contributed by atoms with Gasteiger partial charge in [-0.3, -0.25) is 0 Å². The second-order valence-corrected chi connectivity index (χ2v) is 5.15. The van der Waals surface area contributed by atoms with Crippen LogP contribution in [0.3, 0.4) is 0 Å². The molecule has 0 bridgehead atoms. The molecule has 2 heterocycles. The highest BCUT2D eigenvalue weighted by Gasteiger charge is 2.16. The number of piperidine rings is 1. The van der Waals surface area contributed by atoms with E-state index < -0.39 is 0 Å². The second kappa shape index (κ2) is 6.56. The van der Waals surface area contributed by atoms with Gasteiger partial charge >= 0.3 is 0 Å². The van der Waals surface area contributed by atoms with E-state index in [2.05, 4.69) is 32.5 Å². The molecule has 1 aromatic rings. The summed E-state index contributed by atoms with van der Waals surface area (Å²) in [6, 6.07) is 1.91. The number of rotatable bonds is 5. The van der Waals surface area contributed by atoms with Crippen molar-refractivity contribution in [2.45, 2.75) is 19.8 Å². The van der Waals surface area contributed by atoms with Gasteiger partial charge in [0.1, 0.15) is 11.6 Å². The van der Waals surface area contributed by atoms with Gasteiger partial charge in [0.15, 0.2) is 0 Å². The lowest BCUT2D eigenvalue weighted by atomic mass is 9.97. The number of aromatic nitrogens is 2. The van der Waals surface area contributed by atoms with Gasteiger partial charge in [0.05, 0.1) is 0 Å². The molecule has 106 valence electrons. The Kier molecular flexibility index (Phi) is 4.79. The van der Waals surface area contributed by atoms with Crippen molar-refractivity contribution in [2.24, 2.45) is 5.92 Å². The lowest BCUT2D eigenvalue weighted by Crippen LogP contribution is -2.33. The van der Waals surface area contributed by atoms with Crippen LogP contribution in [0.1, 0.15) is 19.8 Å². The minimum Gasteiger partial charge on any atom is -0.370 e. The van der Waals surface area contributed by atoms with Crippen LogP contribution >= 0.6 is 0 Å². The van der Waals surface area contributed by atoms with Crippen LogP contribution in [0.2, 0.25) is 0 Å². The smallest absolute Gasteiger partial charge is 0.223 e. The Bertz CT molecular complexity index is 400. The van der Waals surface area contributed by atoms with Crippen LogP contribution in [0.4, 0.5) is 17.6 Å². The summed E-state index contributed by atoms with van der Waals surface area (Å²) in [6.07, 6.45) is 2.48. The lowest BCUT2D eigenvalue weighted by molar-refractivity contribution is 0.226. The average Bonchev–Trinajstić information content (AvgIpc) is 2.38. The first-order chi connectivity index (χ1) is 9.17. The number of nitrogens with two attached hydrogens (primary N) is 1. The maximum absolute atomic E-state index is 5.71. The molecular weight excluding hydrogens is 240 g/mol. The van der Waals surface area contributed by atoms with Gasteiger partial charge in [0.2, 0.25) is 5.95 Å². The Morgan fingerprint density at radius 2 is 1.89 bits per heavy atom. The van der Waals surface area contributed by atoms with Gasteiger partial charge in [-0.25, -0.2) is 0 Å². The molecule has 6 heteroatoms. The van der Waals surface area contributed by atoms with E-state index in [1.54, 1.807) is 0 Å². The number of hydrogen-bond acceptors (Lipinski definition) is 6. The largest absolute Gasteiger partial charge is 0.370 e.